The van der Waals surface area contributed by atoms with Crippen LogP contribution in [-0.4, -0.2) is 21.5 Å². The summed E-state index contributed by atoms with van der Waals surface area (Å²) in [5.41, 5.74) is 3.62. The van der Waals surface area contributed by atoms with E-state index in [9.17, 15) is 0 Å². The summed E-state index contributed by atoms with van der Waals surface area (Å²) < 4.78 is 1.90. The van der Waals surface area contributed by atoms with Crippen LogP contribution in [-0.2, 0) is 13.1 Å². The Balaban J connectivity index is 1.89. The van der Waals surface area contributed by atoms with E-state index in [0.717, 1.165) is 25.3 Å². The third-order valence-electron chi connectivity index (χ3n) is 3.44. The zero-order valence-electron chi connectivity index (χ0n) is 13.5. The van der Waals surface area contributed by atoms with E-state index in [2.05, 4.69) is 67.6 Å². The second-order valence-corrected chi connectivity index (χ2v) is 6.33. The number of nitrogens with one attached hydrogen (secondary N) is 1. The summed E-state index contributed by atoms with van der Waals surface area (Å²) in [6.07, 6.45) is 2.02. The zero-order chi connectivity index (χ0) is 15.2. The van der Waals surface area contributed by atoms with Crippen LogP contribution in [0.2, 0.25) is 0 Å². The van der Waals surface area contributed by atoms with Crippen molar-refractivity contribution < 1.29 is 0 Å². The molecule has 4 nitrogen and oxygen atoms in total. The van der Waals surface area contributed by atoms with Crippen LogP contribution < -0.4 is 5.32 Å². The summed E-state index contributed by atoms with van der Waals surface area (Å²) in [4.78, 5) is 0. The first-order valence-corrected chi connectivity index (χ1v) is 7.73. The van der Waals surface area contributed by atoms with Crippen LogP contribution >= 0.6 is 0 Å². The largest absolute Gasteiger partial charge is 0.311 e. The van der Waals surface area contributed by atoms with Crippen LogP contribution in [0.4, 0.5) is 0 Å². The Morgan fingerprint density at radius 3 is 2.43 bits per heavy atom. The Morgan fingerprint density at radius 1 is 1.10 bits per heavy atom. The zero-order valence-corrected chi connectivity index (χ0v) is 13.5. The van der Waals surface area contributed by atoms with Gasteiger partial charge >= 0.3 is 0 Å². The summed E-state index contributed by atoms with van der Waals surface area (Å²) in [6.45, 7) is 11.4. The van der Waals surface area contributed by atoms with Gasteiger partial charge in [0.2, 0.25) is 0 Å². The van der Waals surface area contributed by atoms with Gasteiger partial charge in [-0.3, -0.25) is 0 Å². The van der Waals surface area contributed by atoms with Gasteiger partial charge in [-0.1, -0.05) is 57.2 Å². The van der Waals surface area contributed by atoms with Crippen molar-refractivity contribution in [1.82, 2.24) is 20.3 Å². The molecule has 0 aliphatic rings. The van der Waals surface area contributed by atoms with Crippen molar-refractivity contribution in [3.8, 4) is 0 Å². The van der Waals surface area contributed by atoms with Gasteiger partial charge in [-0.05, 0) is 29.5 Å². The first kappa shape index (κ1) is 15.7. The minimum atomic E-state index is 0.573. The van der Waals surface area contributed by atoms with Crippen molar-refractivity contribution in [2.45, 2.75) is 46.7 Å². The van der Waals surface area contributed by atoms with Crippen LogP contribution in [0.3, 0.4) is 0 Å². The predicted molar refractivity (Wildman–Crippen MR) is 86.2 cm³/mol. The molecule has 2 rings (SSSR count). The Hall–Kier alpha value is -1.68. The van der Waals surface area contributed by atoms with E-state index < -0.39 is 0 Å². The molecule has 1 aromatic carbocycles. The van der Waals surface area contributed by atoms with Crippen molar-refractivity contribution in [2.75, 3.05) is 6.54 Å². The normalized spacial score (nSPS) is 11.5. The van der Waals surface area contributed by atoms with Gasteiger partial charge in [0.1, 0.15) is 0 Å². The van der Waals surface area contributed by atoms with Crippen molar-refractivity contribution >= 4 is 0 Å². The Labute approximate surface area is 127 Å². The molecule has 0 unspecified atom stereocenters. The SMILES string of the molecule is CC(C)CNCc1cn(Cc2ccc(C(C)C)cc2)nn1. The van der Waals surface area contributed by atoms with E-state index in [4.69, 9.17) is 0 Å². The van der Waals surface area contributed by atoms with Gasteiger partial charge < -0.3 is 5.32 Å². The van der Waals surface area contributed by atoms with Crippen molar-refractivity contribution in [2.24, 2.45) is 5.92 Å². The van der Waals surface area contributed by atoms with Gasteiger partial charge in [0.05, 0.1) is 18.4 Å². The maximum absolute atomic E-state index is 4.21. The number of aromatic nitrogens is 3. The summed E-state index contributed by atoms with van der Waals surface area (Å²) in [5.74, 6) is 1.23. The molecule has 0 radical (unpaired) electrons. The average molecular weight is 286 g/mol. The van der Waals surface area contributed by atoms with E-state index in [1.807, 2.05) is 10.9 Å². The molecule has 0 fully saturated rings. The van der Waals surface area contributed by atoms with Crippen molar-refractivity contribution in [1.29, 1.82) is 0 Å². The smallest absolute Gasteiger partial charge is 0.0964 e. The molecule has 0 bridgehead atoms. The lowest BCUT2D eigenvalue weighted by molar-refractivity contribution is 0.548. The fraction of sp³-hybridized carbons (Fsp3) is 0.529. The minimum absolute atomic E-state index is 0.573. The molecule has 114 valence electrons. The number of nitrogens with zero attached hydrogens (tertiary/aromatic N) is 3. The average Bonchev–Trinajstić information content (AvgIpc) is 2.86. The van der Waals surface area contributed by atoms with Gasteiger partial charge in [-0.2, -0.15) is 0 Å². The number of hydrogen-bond acceptors (Lipinski definition) is 3. The summed E-state index contributed by atoms with van der Waals surface area (Å²) in [5, 5.41) is 11.8. The summed E-state index contributed by atoms with van der Waals surface area (Å²) in [7, 11) is 0. The lowest BCUT2D eigenvalue weighted by atomic mass is 10.0. The highest BCUT2D eigenvalue weighted by Gasteiger charge is 2.03. The number of hydrogen-bond donors (Lipinski definition) is 1. The predicted octanol–water partition coefficient (Wildman–Crippen LogP) is 3.20. The van der Waals surface area contributed by atoms with Gasteiger partial charge in [0.25, 0.3) is 0 Å². The molecule has 0 amide bonds. The topological polar surface area (TPSA) is 42.7 Å². The van der Waals surface area contributed by atoms with Crippen molar-refractivity contribution in [3.05, 3.63) is 47.3 Å². The van der Waals surface area contributed by atoms with Gasteiger partial charge in [0.15, 0.2) is 0 Å². The molecule has 0 saturated heterocycles. The summed E-state index contributed by atoms with van der Waals surface area (Å²) in [6, 6.07) is 8.74. The molecule has 21 heavy (non-hydrogen) atoms. The van der Waals surface area contributed by atoms with Crippen LogP contribution in [0.5, 0.6) is 0 Å². The van der Waals surface area contributed by atoms with E-state index in [1.54, 1.807) is 0 Å². The van der Waals surface area contributed by atoms with Gasteiger partial charge in [-0.25, -0.2) is 4.68 Å². The van der Waals surface area contributed by atoms with Crippen molar-refractivity contribution in [3.63, 3.8) is 0 Å². The second-order valence-electron chi connectivity index (χ2n) is 6.33. The first-order valence-electron chi connectivity index (χ1n) is 7.73. The second kappa shape index (κ2) is 7.36. The Kier molecular flexibility index (Phi) is 5.51. The number of benzene rings is 1. The molecular weight excluding hydrogens is 260 g/mol. The lowest BCUT2D eigenvalue weighted by Crippen LogP contribution is -2.19. The van der Waals surface area contributed by atoms with Crippen LogP contribution in [0.1, 0.15) is 50.4 Å². The molecule has 0 spiro atoms. The number of rotatable bonds is 7. The van der Waals surface area contributed by atoms with Gasteiger partial charge in [0, 0.05) is 6.54 Å². The Morgan fingerprint density at radius 2 is 1.81 bits per heavy atom. The quantitative estimate of drug-likeness (QED) is 0.850. The van der Waals surface area contributed by atoms with Crippen LogP contribution in [0.25, 0.3) is 0 Å². The molecule has 1 N–H and O–H groups in total. The molecule has 0 atom stereocenters. The fourth-order valence-electron chi connectivity index (χ4n) is 2.18. The fourth-order valence-corrected chi connectivity index (χ4v) is 2.18. The highest BCUT2D eigenvalue weighted by Crippen LogP contribution is 2.15. The van der Waals surface area contributed by atoms with E-state index in [1.165, 1.54) is 11.1 Å². The maximum atomic E-state index is 4.21. The molecule has 0 aliphatic carbocycles. The van der Waals surface area contributed by atoms with Crippen LogP contribution in [0.15, 0.2) is 30.5 Å². The highest BCUT2D eigenvalue weighted by molar-refractivity contribution is 5.24. The molecule has 0 saturated carbocycles. The van der Waals surface area contributed by atoms with E-state index in [0.29, 0.717) is 11.8 Å². The van der Waals surface area contributed by atoms with E-state index >= 15 is 0 Å². The molecule has 4 heteroatoms. The third-order valence-corrected chi connectivity index (χ3v) is 3.44. The molecule has 1 heterocycles. The molecule has 1 aromatic heterocycles. The van der Waals surface area contributed by atoms with Crippen LogP contribution in [0, 0.1) is 5.92 Å². The van der Waals surface area contributed by atoms with E-state index in [-0.39, 0.29) is 0 Å². The third kappa shape index (κ3) is 4.97. The highest BCUT2D eigenvalue weighted by atomic mass is 15.4. The molecule has 0 aliphatic heterocycles. The Bertz CT molecular complexity index is 540. The minimum Gasteiger partial charge on any atom is -0.311 e. The first-order chi connectivity index (χ1) is 10.0. The summed E-state index contributed by atoms with van der Waals surface area (Å²) >= 11 is 0. The lowest BCUT2D eigenvalue weighted by Gasteiger charge is -2.06. The van der Waals surface area contributed by atoms with Gasteiger partial charge in [-0.15, -0.1) is 5.10 Å². The standard InChI is InChI=1S/C17H26N4/c1-13(2)9-18-10-17-12-21(20-19-17)11-15-5-7-16(8-6-15)14(3)4/h5-8,12-14,18H,9-11H2,1-4H3. The monoisotopic (exact) mass is 286 g/mol. The molecule has 2 aromatic rings. The molecular formula is C17H26N4. The maximum Gasteiger partial charge on any atom is 0.0964 e.